The highest BCUT2D eigenvalue weighted by atomic mass is 16.5. The van der Waals surface area contributed by atoms with Gasteiger partial charge in [0.15, 0.2) is 0 Å². The second kappa shape index (κ2) is 16.0. The molecule has 11 rings (SSSR count). The Kier molecular flexibility index (Phi) is 10.3. The van der Waals surface area contributed by atoms with Crippen molar-refractivity contribution in [1.82, 2.24) is 45.3 Å². The van der Waals surface area contributed by atoms with Gasteiger partial charge in [-0.25, -0.2) is 19.6 Å². The fourth-order valence-corrected chi connectivity index (χ4v) is 12.1. The number of hydrogen-bond acceptors (Lipinski definition) is 9. The summed E-state index contributed by atoms with van der Waals surface area (Å²) in [4.78, 5) is 75.9. The average molecular weight is 894 g/mol. The largest absolute Gasteiger partial charge is 0.453 e. The fourth-order valence-electron chi connectivity index (χ4n) is 12.1. The molecule has 0 radical (unpaired) electrons. The number of nitrogens with zero attached hydrogens (tertiary/aromatic N) is 5. The summed E-state index contributed by atoms with van der Waals surface area (Å²) in [5, 5.41) is 5.54. The lowest BCUT2D eigenvalue weighted by atomic mass is 9.81. The Balaban J connectivity index is 0.852. The van der Waals surface area contributed by atoms with Crippen molar-refractivity contribution < 1.29 is 28.7 Å². The molecule has 6 aliphatic rings. The number of alkyl carbamates (subject to hydrolysis) is 2. The van der Waals surface area contributed by atoms with E-state index in [4.69, 9.17) is 19.4 Å². The lowest BCUT2D eigenvalue weighted by Gasteiger charge is -2.31. The molecule has 15 nitrogen and oxygen atoms in total. The molecule has 344 valence electrons. The van der Waals surface area contributed by atoms with Crippen LogP contribution in [-0.2, 0) is 19.1 Å². The van der Waals surface area contributed by atoms with Crippen LogP contribution < -0.4 is 10.6 Å². The standard InChI is InChI=1S/C51H59N9O6/c1-24(2)44(56-50(63)65-6)48(61)59-38-19-29(38)21-40(59)46-52-23-35(55-46)27-10-8-26(9-11-27)31-13-14-32(43-37-17-16-36(42(31)43)58(37)5)28-12-15-33-34(18-28)54-47(53-33)41-22-30-20-39(30)60(41)49(62)45(25(3)4)57-51(64)66-7/h8-15,18,23-25,29-30,36-41,44-45H,16-17,19-22H2,1-7H3,(H,52,55)(H,53,54)(H,56,63)(H,57,64)/t29?,30?,36?,37?,38?,39?,40-,41+,44-,45-/m0/s1. The molecule has 2 bridgehead atoms. The Bertz CT molecular complexity index is 2760. The first-order valence-corrected chi connectivity index (χ1v) is 23.7. The minimum atomic E-state index is -0.682. The Morgan fingerprint density at radius 2 is 1.17 bits per heavy atom. The van der Waals surface area contributed by atoms with E-state index >= 15 is 0 Å². The van der Waals surface area contributed by atoms with Crippen molar-refractivity contribution in [2.24, 2.45) is 23.7 Å². The lowest BCUT2D eigenvalue weighted by Crippen LogP contribution is -2.52. The number of ether oxygens (including phenoxy) is 2. The number of aromatic amines is 2. The maximum absolute atomic E-state index is 14.1. The average Bonchev–Trinajstić information content (AvgIpc) is 3.74. The van der Waals surface area contributed by atoms with E-state index in [2.05, 4.69) is 87.1 Å². The molecule has 4 amide bonds. The van der Waals surface area contributed by atoms with E-state index in [0.717, 1.165) is 83.6 Å². The summed E-state index contributed by atoms with van der Waals surface area (Å²) in [6.07, 6.45) is 6.54. The first-order chi connectivity index (χ1) is 31.8. The number of fused-ring (bicyclic) bond motifs is 8. The molecule has 2 aliphatic carbocycles. The van der Waals surface area contributed by atoms with Gasteiger partial charge in [-0.2, -0.15) is 0 Å². The number of carbonyl (C=O) groups is 4. The monoisotopic (exact) mass is 893 g/mol. The molecule has 5 aromatic rings. The van der Waals surface area contributed by atoms with Gasteiger partial charge in [0.2, 0.25) is 11.8 Å². The maximum atomic E-state index is 14.1. The summed E-state index contributed by atoms with van der Waals surface area (Å²) in [6, 6.07) is 19.0. The number of methoxy groups -OCH3 is 2. The van der Waals surface area contributed by atoms with Gasteiger partial charge >= 0.3 is 12.2 Å². The molecule has 6 heterocycles. The van der Waals surface area contributed by atoms with Crippen LogP contribution in [-0.4, -0.2) is 104 Å². The number of imidazole rings is 2. The van der Waals surface area contributed by atoms with E-state index in [1.165, 1.54) is 36.5 Å². The van der Waals surface area contributed by atoms with Gasteiger partial charge in [0.1, 0.15) is 23.7 Å². The molecule has 66 heavy (non-hydrogen) atoms. The highest BCUT2D eigenvalue weighted by Crippen LogP contribution is 2.58. The second-order valence-electron chi connectivity index (χ2n) is 20.2. The van der Waals surface area contributed by atoms with E-state index < -0.39 is 24.3 Å². The van der Waals surface area contributed by atoms with Crippen LogP contribution in [0, 0.1) is 23.7 Å². The first-order valence-electron chi connectivity index (χ1n) is 23.7. The zero-order valence-corrected chi connectivity index (χ0v) is 38.6. The Hall–Kier alpha value is -6.22. The number of nitrogens with one attached hydrogen (secondary N) is 4. The van der Waals surface area contributed by atoms with E-state index in [1.54, 1.807) is 0 Å². The molecular formula is C51H59N9O6. The summed E-state index contributed by atoms with van der Waals surface area (Å²) in [5.41, 5.74) is 11.3. The van der Waals surface area contributed by atoms with Crippen LogP contribution in [0.5, 0.6) is 0 Å². The van der Waals surface area contributed by atoms with Crippen LogP contribution in [0.4, 0.5) is 9.59 Å². The zero-order chi connectivity index (χ0) is 45.9. The Labute approximate surface area is 384 Å². The van der Waals surface area contributed by atoms with Gasteiger partial charge in [0.05, 0.1) is 49.2 Å². The maximum Gasteiger partial charge on any atom is 0.407 e. The van der Waals surface area contributed by atoms with Gasteiger partial charge in [-0.3, -0.25) is 14.5 Å². The summed E-state index contributed by atoms with van der Waals surface area (Å²) >= 11 is 0. The van der Waals surface area contributed by atoms with E-state index in [9.17, 15) is 19.2 Å². The van der Waals surface area contributed by atoms with Gasteiger partial charge in [0, 0.05) is 24.2 Å². The molecule has 0 spiro atoms. The van der Waals surface area contributed by atoms with Crippen LogP contribution in [0.25, 0.3) is 44.5 Å². The molecule has 2 saturated carbocycles. The summed E-state index contributed by atoms with van der Waals surface area (Å²) in [5.74, 6) is 2.06. The SMILES string of the molecule is COC(=O)N[C@H](C(=O)N1C2CC2C[C@@H]1c1nc2ccc(-c3ccc(-c4ccc(-c5cnc([C@@H]6CC7CC7N6C(=O)[C@@H](NC(=O)OC)C(C)C)[nH]5)cc4)c4c3C3CCC4N3C)cc2[nH]1)C(C)C. The second-order valence-corrected chi connectivity index (χ2v) is 20.2. The smallest absolute Gasteiger partial charge is 0.407 e. The number of piperidine rings is 2. The number of hydrogen-bond donors (Lipinski definition) is 4. The quantitative estimate of drug-likeness (QED) is 0.102. The molecule has 15 heteroatoms. The van der Waals surface area contributed by atoms with Crippen LogP contribution in [0.15, 0.2) is 60.8 Å². The third-order valence-electron chi connectivity index (χ3n) is 15.7. The van der Waals surface area contributed by atoms with E-state index in [-0.39, 0.29) is 47.8 Å². The van der Waals surface area contributed by atoms with E-state index in [0.29, 0.717) is 23.9 Å². The molecule has 6 unspecified atom stereocenters. The molecule has 3 saturated heterocycles. The van der Waals surface area contributed by atoms with Gasteiger partial charge in [-0.15, -0.1) is 0 Å². The number of aromatic nitrogens is 4. The predicted molar refractivity (Wildman–Crippen MR) is 248 cm³/mol. The topological polar surface area (TPSA) is 178 Å². The molecule has 4 aliphatic heterocycles. The fraction of sp³-hybridized carbons (Fsp3) is 0.490. The third kappa shape index (κ3) is 6.94. The van der Waals surface area contributed by atoms with Crippen molar-refractivity contribution in [2.45, 2.75) is 115 Å². The van der Waals surface area contributed by atoms with Gasteiger partial charge < -0.3 is 39.9 Å². The molecule has 10 atom stereocenters. The van der Waals surface area contributed by atoms with Crippen molar-refractivity contribution in [3.05, 3.63) is 83.6 Å². The highest BCUT2D eigenvalue weighted by Gasteiger charge is 2.57. The van der Waals surface area contributed by atoms with Gasteiger partial charge in [-0.05, 0) is 120 Å². The number of benzene rings is 3. The Morgan fingerprint density at radius 3 is 1.71 bits per heavy atom. The normalized spacial score (nSPS) is 26.6. The predicted octanol–water partition coefficient (Wildman–Crippen LogP) is 8.19. The molecule has 3 aromatic carbocycles. The summed E-state index contributed by atoms with van der Waals surface area (Å²) < 4.78 is 9.70. The minimum Gasteiger partial charge on any atom is -0.453 e. The third-order valence-corrected chi connectivity index (χ3v) is 15.7. The van der Waals surface area contributed by atoms with Crippen molar-refractivity contribution in [3.8, 4) is 33.5 Å². The van der Waals surface area contributed by atoms with Gasteiger partial charge in [-0.1, -0.05) is 70.2 Å². The van der Waals surface area contributed by atoms with E-state index in [1.807, 2.05) is 43.7 Å². The Morgan fingerprint density at radius 1 is 0.652 bits per heavy atom. The lowest BCUT2D eigenvalue weighted by molar-refractivity contribution is -0.137. The van der Waals surface area contributed by atoms with Crippen molar-refractivity contribution in [3.63, 3.8) is 0 Å². The minimum absolute atomic E-state index is 0.0867. The molecule has 5 fully saturated rings. The van der Waals surface area contributed by atoms with Crippen LogP contribution >= 0.6 is 0 Å². The highest BCUT2D eigenvalue weighted by molar-refractivity contribution is 5.89. The van der Waals surface area contributed by atoms with Crippen molar-refractivity contribution in [2.75, 3.05) is 21.3 Å². The zero-order valence-electron chi connectivity index (χ0n) is 38.6. The first kappa shape index (κ1) is 42.4. The summed E-state index contributed by atoms with van der Waals surface area (Å²) in [6.45, 7) is 7.74. The molecular weight excluding hydrogens is 835 g/mol. The number of likely N-dealkylation sites (tertiary alicyclic amines) is 2. The number of rotatable bonds is 11. The molecule has 2 aromatic heterocycles. The molecule has 4 N–H and O–H groups in total. The van der Waals surface area contributed by atoms with Gasteiger partial charge in [0.25, 0.3) is 0 Å². The number of H-pyrrole nitrogens is 2. The number of amides is 4. The van der Waals surface area contributed by atoms with Crippen LogP contribution in [0.1, 0.15) is 113 Å². The number of carbonyl (C=O) groups excluding carboxylic acids is 4. The van der Waals surface area contributed by atoms with Crippen LogP contribution in [0.2, 0.25) is 0 Å². The van der Waals surface area contributed by atoms with Crippen molar-refractivity contribution in [1.29, 1.82) is 0 Å². The summed E-state index contributed by atoms with van der Waals surface area (Å²) in [7, 11) is 4.88. The van der Waals surface area contributed by atoms with Crippen LogP contribution in [0.3, 0.4) is 0 Å². The van der Waals surface area contributed by atoms with Crippen molar-refractivity contribution >= 4 is 35.0 Å².